The fourth-order valence-corrected chi connectivity index (χ4v) is 4.63. The van der Waals surface area contributed by atoms with Gasteiger partial charge in [-0.3, -0.25) is 14.5 Å². The number of para-hydroxylation sites is 1. The molecule has 0 bridgehead atoms. The van der Waals surface area contributed by atoms with Gasteiger partial charge in [-0.05, 0) is 55.3 Å². The van der Waals surface area contributed by atoms with Gasteiger partial charge >= 0.3 is 0 Å². The van der Waals surface area contributed by atoms with Gasteiger partial charge in [0.1, 0.15) is 29.7 Å². The van der Waals surface area contributed by atoms with Crippen LogP contribution in [0.2, 0.25) is 0 Å². The first-order chi connectivity index (χ1) is 18.5. The molecule has 5 rings (SSSR count). The number of hydrogen-bond acceptors (Lipinski definition) is 6. The van der Waals surface area contributed by atoms with Crippen LogP contribution in [0.4, 0.5) is 10.1 Å². The summed E-state index contributed by atoms with van der Waals surface area (Å²) in [6.07, 6.45) is 1.62. The molecule has 38 heavy (non-hydrogen) atoms. The molecular formula is C28H28FN5O4. The molecule has 0 aliphatic carbocycles. The summed E-state index contributed by atoms with van der Waals surface area (Å²) in [7, 11) is 1.54. The van der Waals surface area contributed by atoms with Gasteiger partial charge < -0.3 is 14.8 Å². The van der Waals surface area contributed by atoms with Gasteiger partial charge in [0.2, 0.25) is 11.8 Å². The van der Waals surface area contributed by atoms with E-state index in [2.05, 4.69) is 15.6 Å². The zero-order chi connectivity index (χ0) is 26.5. The van der Waals surface area contributed by atoms with E-state index in [9.17, 15) is 9.59 Å². The van der Waals surface area contributed by atoms with Gasteiger partial charge in [-0.2, -0.15) is 0 Å². The number of hydrogen-bond donors (Lipinski definition) is 1. The van der Waals surface area contributed by atoms with Crippen molar-refractivity contribution in [3.63, 3.8) is 0 Å². The number of halogens is 1. The fourth-order valence-electron chi connectivity index (χ4n) is 4.63. The third kappa shape index (κ3) is 5.35. The smallest absolute Gasteiger partial charge is 0.249 e. The van der Waals surface area contributed by atoms with Crippen LogP contribution in [0.3, 0.4) is 0 Å². The average molecular weight is 518 g/mol. The third-order valence-corrected chi connectivity index (χ3v) is 6.56. The van der Waals surface area contributed by atoms with Gasteiger partial charge in [-0.15, -0.1) is 5.10 Å². The van der Waals surface area contributed by atoms with Gasteiger partial charge in [-0.25, -0.2) is 9.07 Å². The predicted molar refractivity (Wildman–Crippen MR) is 139 cm³/mol. The number of rotatable bonds is 9. The van der Waals surface area contributed by atoms with Crippen LogP contribution in [-0.4, -0.2) is 53.2 Å². The molecule has 1 aromatic heterocycles. The second kappa shape index (κ2) is 11.4. The molecule has 196 valence electrons. The molecule has 0 unspecified atom stereocenters. The van der Waals surface area contributed by atoms with E-state index in [4.69, 9.17) is 9.47 Å². The lowest BCUT2D eigenvalue weighted by molar-refractivity contribution is -0.127. The minimum absolute atomic E-state index is 0.0740. The minimum atomic E-state index is -1.28. The van der Waals surface area contributed by atoms with Gasteiger partial charge in [-0.1, -0.05) is 35.5 Å². The van der Waals surface area contributed by atoms with E-state index < -0.39 is 23.7 Å². The summed E-state index contributed by atoms with van der Waals surface area (Å²) >= 11 is 0. The average Bonchev–Trinajstić information content (AvgIpc) is 3.61. The highest BCUT2D eigenvalue weighted by molar-refractivity contribution is 6.01. The third-order valence-electron chi connectivity index (χ3n) is 6.56. The number of benzene rings is 3. The van der Waals surface area contributed by atoms with Crippen LogP contribution in [-0.2, 0) is 20.9 Å². The number of carbonyl (C=O) groups is 2. The summed E-state index contributed by atoms with van der Waals surface area (Å²) in [6.45, 7) is 0.693. The highest BCUT2D eigenvalue weighted by Crippen LogP contribution is 2.31. The zero-order valence-corrected chi connectivity index (χ0v) is 20.9. The van der Waals surface area contributed by atoms with Gasteiger partial charge in [0.15, 0.2) is 0 Å². The molecule has 1 aliphatic rings. The lowest BCUT2D eigenvalue weighted by Crippen LogP contribution is -2.47. The maximum atomic E-state index is 15.2. The van der Waals surface area contributed by atoms with Crippen LogP contribution in [0, 0.1) is 5.82 Å². The molecule has 1 fully saturated rings. The molecule has 0 spiro atoms. The Bertz CT molecular complexity index is 1420. The van der Waals surface area contributed by atoms with Crippen molar-refractivity contribution in [1.29, 1.82) is 0 Å². The molecule has 0 radical (unpaired) electrons. The van der Waals surface area contributed by atoms with Crippen molar-refractivity contribution in [2.24, 2.45) is 0 Å². The van der Waals surface area contributed by atoms with E-state index in [0.717, 1.165) is 12.8 Å². The van der Waals surface area contributed by atoms with Crippen LogP contribution >= 0.6 is 0 Å². The molecule has 3 aromatic carbocycles. The second-order valence-electron chi connectivity index (χ2n) is 9.00. The number of carbonyl (C=O) groups excluding carboxylic acids is 2. The number of methoxy groups -OCH3 is 1. The Hall–Kier alpha value is -4.31. The van der Waals surface area contributed by atoms with Crippen molar-refractivity contribution in [3.05, 3.63) is 84.2 Å². The largest absolute Gasteiger partial charge is 0.497 e. The molecule has 1 aliphatic heterocycles. The standard InChI is InChI=1S/C28H28FN5O4/c1-37-20-14-12-19(13-15-20)34(26(35)18-33-25-11-5-4-10-24(25)31-32-33)27(22-8-2-3-9-23(22)29)28(36)30-17-21-7-6-16-38-21/h2-5,8-15,21,27H,6-7,16-18H2,1H3,(H,30,36)/t21-,27-/m1/s1. The molecule has 1 saturated heterocycles. The normalized spacial score (nSPS) is 15.8. The minimum Gasteiger partial charge on any atom is -0.497 e. The number of anilines is 1. The van der Waals surface area contributed by atoms with Gasteiger partial charge in [0.25, 0.3) is 0 Å². The summed E-state index contributed by atoms with van der Waals surface area (Å²) < 4.78 is 27.6. The molecule has 0 saturated carbocycles. The predicted octanol–water partition coefficient (Wildman–Crippen LogP) is 3.65. The Labute approximate surface area is 219 Å². The highest BCUT2D eigenvalue weighted by Gasteiger charge is 2.35. The van der Waals surface area contributed by atoms with Crippen LogP contribution in [0.5, 0.6) is 5.75 Å². The van der Waals surface area contributed by atoms with Crippen LogP contribution in [0.15, 0.2) is 72.8 Å². The van der Waals surface area contributed by atoms with Crippen LogP contribution in [0.1, 0.15) is 24.4 Å². The lowest BCUT2D eigenvalue weighted by Gasteiger charge is -2.32. The second-order valence-corrected chi connectivity index (χ2v) is 9.00. The van der Waals surface area contributed by atoms with E-state index in [1.165, 1.54) is 28.8 Å². The quantitative estimate of drug-likeness (QED) is 0.364. The molecule has 9 nitrogen and oxygen atoms in total. The highest BCUT2D eigenvalue weighted by atomic mass is 19.1. The van der Waals surface area contributed by atoms with E-state index in [1.807, 2.05) is 18.2 Å². The van der Waals surface area contributed by atoms with Crippen molar-refractivity contribution in [1.82, 2.24) is 20.3 Å². The molecule has 2 heterocycles. The van der Waals surface area contributed by atoms with E-state index in [0.29, 0.717) is 29.1 Å². The number of aromatic nitrogens is 3. The Morgan fingerprint density at radius 3 is 2.63 bits per heavy atom. The number of nitrogens with one attached hydrogen (secondary N) is 1. The number of amides is 2. The first-order valence-electron chi connectivity index (χ1n) is 12.4. The summed E-state index contributed by atoms with van der Waals surface area (Å²) in [5.41, 5.74) is 1.78. The lowest BCUT2D eigenvalue weighted by atomic mass is 10.0. The van der Waals surface area contributed by atoms with Crippen molar-refractivity contribution >= 4 is 28.5 Å². The summed E-state index contributed by atoms with van der Waals surface area (Å²) in [4.78, 5) is 29.0. The number of nitrogens with zero attached hydrogens (tertiary/aromatic N) is 4. The molecule has 2 amide bonds. The van der Waals surface area contributed by atoms with Crippen LogP contribution < -0.4 is 15.0 Å². The fraction of sp³-hybridized carbons (Fsp3) is 0.286. The Balaban J connectivity index is 1.55. The first-order valence-corrected chi connectivity index (χ1v) is 12.4. The number of ether oxygens (including phenoxy) is 2. The molecule has 10 heteroatoms. The molecule has 4 aromatic rings. The van der Waals surface area contributed by atoms with E-state index in [-0.39, 0.29) is 24.8 Å². The van der Waals surface area contributed by atoms with Crippen LogP contribution in [0.25, 0.3) is 11.0 Å². The van der Waals surface area contributed by atoms with Crippen molar-refractivity contribution < 1.29 is 23.5 Å². The van der Waals surface area contributed by atoms with Crippen molar-refractivity contribution in [2.45, 2.75) is 31.5 Å². The van der Waals surface area contributed by atoms with Gasteiger partial charge in [0.05, 0.1) is 18.7 Å². The summed E-state index contributed by atoms with van der Waals surface area (Å²) in [5.74, 6) is -1.000. The summed E-state index contributed by atoms with van der Waals surface area (Å²) in [6, 6.07) is 18.6. The number of fused-ring (bicyclic) bond motifs is 1. The van der Waals surface area contributed by atoms with Crippen molar-refractivity contribution in [3.8, 4) is 5.75 Å². The molecule has 1 N–H and O–H groups in total. The van der Waals surface area contributed by atoms with E-state index >= 15 is 4.39 Å². The molecular weight excluding hydrogens is 489 g/mol. The summed E-state index contributed by atoms with van der Waals surface area (Å²) in [5, 5.41) is 11.1. The SMILES string of the molecule is COc1ccc(N(C(=O)Cn2nnc3ccccc32)[C@@H](C(=O)NC[C@H]2CCCO2)c2ccccc2F)cc1. The molecule has 2 atom stereocenters. The first kappa shape index (κ1) is 25.3. The zero-order valence-electron chi connectivity index (χ0n) is 20.9. The topological polar surface area (TPSA) is 98.6 Å². The maximum absolute atomic E-state index is 15.2. The van der Waals surface area contributed by atoms with Crippen molar-refractivity contribution in [2.75, 3.05) is 25.2 Å². The van der Waals surface area contributed by atoms with Gasteiger partial charge in [0, 0.05) is 24.4 Å². The Morgan fingerprint density at radius 2 is 1.89 bits per heavy atom. The maximum Gasteiger partial charge on any atom is 0.249 e. The monoisotopic (exact) mass is 517 g/mol. The van der Waals surface area contributed by atoms with E-state index in [1.54, 1.807) is 42.5 Å². The Morgan fingerprint density at radius 1 is 1.13 bits per heavy atom. The Kier molecular flexibility index (Phi) is 7.60.